The largest absolute Gasteiger partial charge is 0.462 e. The van der Waals surface area contributed by atoms with Gasteiger partial charge in [0.1, 0.15) is 10.7 Å². The van der Waals surface area contributed by atoms with Crippen molar-refractivity contribution in [2.75, 3.05) is 11.9 Å². The fourth-order valence-electron chi connectivity index (χ4n) is 1.71. The zero-order chi connectivity index (χ0) is 14.7. The van der Waals surface area contributed by atoms with E-state index in [0.717, 1.165) is 10.4 Å². The van der Waals surface area contributed by atoms with Gasteiger partial charge < -0.3 is 15.0 Å². The number of aromatic amines is 1. The Hall–Kier alpha value is -2.15. The number of aromatic nitrogens is 2. The van der Waals surface area contributed by atoms with Crippen LogP contribution >= 0.6 is 11.3 Å². The Labute approximate surface area is 120 Å². The molecule has 0 aliphatic rings. The van der Waals surface area contributed by atoms with Crippen LogP contribution in [0.3, 0.4) is 0 Å². The van der Waals surface area contributed by atoms with E-state index in [1.165, 1.54) is 23.9 Å². The number of nitrogens with one attached hydrogen (secondary N) is 2. The predicted molar refractivity (Wildman–Crippen MR) is 76.3 cm³/mol. The van der Waals surface area contributed by atoms with Crippen molar-refractivity contribution in [1.29, 1.82) is 0 Å². The average Bonchev–Trinajstić information content (AvgIpc) is 3.00. The number of aryl methyl sites for hydroxylation is 1. The van der Waals surface area contributed by atoms with E-state index in [2.05, 4.69) is 15.3 Å². The summed E-state index contributed by atoms with van der Waals surface area (Å²) in [5, 5.41) is 3.22. The SMILES string of the molecule is CCOC(=O)c1c(NC(=O)c2cnc[nH]2)sc(C)c1C. The molecule has 0 unspecified atom stereocenters. The van der Waals surface area contributed by atoms with Gasteiger partial charge in [-0.15, -0.1) is 11.3 Å². The van der Waals surface area contributed by atoms with Crippen LogP contribution in [0, 0.1) is 13.8 Å². The van der Waals surface area contributed by atoms with Crippen LogP contribution in [0.15, 0.2) is 12.5 Å². The molecule has 6 nitrogen and oxygen atoms in total. The quantitative estimate of drug-likeness (QED) is 0.848. The van der Waals surface area contributed by atoms with Crippen molar-refractivity contribution in [3.63, 3.8) is 0 Å². The van der Waals surface area contributed by atoms with Crippen LogP contribution < -0.4 is 5.32 Å². The first-order valence-electron chi connectivity index (χ1n) is 6.11. The number of hydrogen-bond acceptors (Lipinski definition) is 5. The molecule has 0 aliphatic heterocycles. The topological polar surface area (TPSA) is 84.1 Å². The first kappa shape index (κ1) is 14.3. The predicted octanol–water partition coefficient (Wildman–Crippen LogP) is 2.52. The molecule has 0 atom stereocenters. The highest BCUT2D eigenvalue weighted by Gasteiger charge is 2.22. The Balaban J connectivity index is 2.30. The van der Waals surface area contributed by atoms with Gasteiger partial charge in [-0.2, -0.15) is 0 Å². The standard InChI is InChI=1S/C13H15N3O3S/c1-4-19-13(18)10-7(2)8(3)20-12(10)16-11(17)9-5-14-6-15-9/h5-6H,4H2,1-3H3,(H,14,15)(H,16,17). The highest BCUT2D eigenvalue weighted by molar-refractivity contribution is 7.16. The van der Waals surface area contributed by atoms with E-state index < -0.39 is 5.97 Å². The van der Waals surface area contributed by atoms with Crippen LogP contribution in [0.1, 0.15) is 38.2 Å². The molecule has 0 fully saturated rings. The highest BCUT2D eigenvalue weighted by atomic mass is 32.1. The summed E-state index contributed by atoms with van der Waals surface area (Å²) in [4.78, 5) is 31.5. The molecule has 0 aromatic carbocycles. The summed E-state index contributed by atoms with van der Waals surface area (Å²) in [7, 11) is 0. The molecular weight excluding hydrogens is 278 g/mol. The minimum Gasteiger partial charge on any atom is -0.462 e. The second-order valence-corrected chi connectivity index (χ2v) is 5.35. The molecule has 1 amide bonds. The van der Waals surface area contributed by atoms with Gasteiger partial charge in [0.15, 0.2) is 0 Å². The molecule has 2 heterocycles. The number of rotatable bonds is 4. The molecule has 7 heteroatoms. The van der Waals surface area contributed by atoms with Crippen molar-refractivity contribution in [2.45, 2.75) is 20.8 Å². The smallest absolute Gasteiger partial charge is 0.341 e. The molecule has 0 aliphatic carbocycles. The lowest BCUT2D eigenvalue weighted by atomic mass is 10.1. The van der Waals surface area contributed by atoms with Gasteiger partial charge in [-0.1, -0.05) is 0 Å². The molecule has 106 valence electrons. The van der Waals surface area contributed by atoms with E-state index in [0.29, 0.717) is 22.9 Å². The van der Waals surface area contributed by atoms with Crippen molar-refractivity contribution in [2.24, 2.45) is 0 Å². The maximum Gasteiger partial charge on any atom is 0.341 e. The fourth-order valence-corrected chi connectivity index (χ4v) is 2.76. The van der Waals surface area contributed by atoms with Gasteiger partial charge in [0.2, 0.25) is 0 Å². The molecule has 0 saturated carbocycles. The van der Waals surface area contributed by atoms with E-state index in [1.807, 2.05) is 13.8 Å². The maximum absolute atomic E-state index is 12.0. The molecule has 0 saturated heterocycles. The van der Waals surface area contributed by atoms with Crippen molar-refractivity contribution >= 4 is 28.2 Å². The third-order valence-electron chi connectivity index (χ3n) is 2.83. The number of H-pyrrole nitrogens is 1. The van der Waals surface area contributed by atoms with Gasteiger partial charge in [-0.05, 0) is 26.3 Å². The third kappa shape index (κ3) is 2.72. The van der Waals surface area contributed by atoms with Gasteiger partial charge >= 0.3 is 5.97 Å². The zero-order valence-electron chi connectivity index (χ0n) is 11.4. The van der Waals surface area contributed by atoms with Gasteiger partial charge in [-0.25, -0.2) is 9.78 Å². The lowest BCUT2D eigenvalue weighted by Crippen LogP contribution is -2.15. The molecule has 2 N–H and O–H groups in total. The van der Waals surface area contributed by atoms with Crippen LogP contribution in [0.5, 0.6) is 0 Å². The molecule has 0 spiro atoms. The van der Waals surface area contributed by atoms with Crippen molar-refractivity contribution in [3.05, 3.63) is 34.2 Å². The molecule has 20 heavy (non-hydrogen) atoms. The number of carbonyl (C=O) groups excluding carboxylic acids is 2. The van der Waals surface area contributed by atoms with E-state index in [-0.39, 0.29) is 5.91 Å². The molecule has 0 radical (unpaired) electrons. The number of ether oxygens (including phenoxy) is 1. The van der Waals surface area contributed by atoms with Crippen LogP contribution in [0.25, 0.3) is 0 Å². The summed E-state index contributed by atoms with van der Waals surface area (Å²) in [6, 6.07) is 0. The maximum atomic E-state index is 12.0. The number of carbonyl (C=O) groups is 2. The highest BCUT2D eigenvalue weighted by Crippen LogP contribution is 2.33. The van der Waals surface area contributed by atoms with Crippen LogP contribution in [0.4, 0.5) is 5.00 Å². The van der Waals surface area contributed by atoms with Crippen molar-refractivity contribution in [1.82, 2.24) is 9.97 Å². The third-order valence-corrected chi connectivity index (χ3v) is 3.96. The molecular formula is C13H15N3O3S. The van der Waals surface area contributed by atoms with Gasteiger partial charge in [-0.3, -0.25) is 4.79 Å². The van der Waals surface area contributed by atoms with Crippen LogP contribution in [-0.2, 0) is 4.74 Å². The number of anilines is 1. The molecule has 0 bridgehead atoms. The normalized spacial score (nSPS) is 10.3. The number of thiophene rings is 1. The van der Waals surface area contributed by atoms with Gasteiger partial charge in [0.05, 0.1) is 24.7 Å². The van der Waals surface area contributed by atoms with E-state index in [9.17, 15) is 9.59 Å². The summed E-state index contributed by atoms with van der Waals surface area (Å²) in [6.45, 7) is 5.77. The number of imidazole rings is 1. The van der Waals surface area contributed by atoms with Crippen molar-refractivity contribution < 1.29 is 14.3 Å². The minimum atomic E-state index is -0.422. The van der Waals surface area contributed by atoms with Gasteiger partial charge in [0, 0.05) is 4.88 Å². The Morgan fingerprint density at radius 2 is 2.20 bits per heavy atom. The number of esters is 1. The zero-order valence-corrected chi connectivity index (χ0v) is 12.3. The van der Waals surface area contributed by atoms with Crippen LogP contribution in [0.2, 0.25) is 0 Å². The van der Waals surface area contributed by atoms with Crippen molar-refractivity contribution in [3.8, 4) is 0 Å². The first-order valence-corrected chi connectivity index (χ1v) is 6.93. The molecule has 2 rings (SSSR count). The summed E-state index contributed by atoms with van der Waals surface area (Å²) in [5.41, 5.74) is 1.58. The molecule has 2 aromatic rings. The monoisotopic (exact) mass is 293 g/mol. The first-order chi connectivity index (χ1) is 9.54. The fraction of sp³-hybridized carbons (Fsp3) is 0.308. The summed E-state index contributed by atoms with van der Waals surface area (Å²) in [5.74, 6) is -0.761. The Morgan fingerprint density at radius 1 is 1.45 bits per heavy atom. The Bertz CT molecular complexity index is 632. The number of amides is 1. The number of hydrogen-bond donors (Lipinski definition) is 2. The summed E-state index contributed by atoms with van der Waals surface area (Å²) < 4.78 is 5.03. The minimum absolute atomic E-state index is 0.293. The molecule has 2 aromatic heterocycles. The second-order valence-electron chi connectivity index (χ2n) is 4.13. The van der Waals surface area contributed by atoms with E-state index >= 15 is 0 Å². The number of nitrogens with zero attached hydrogens (tertiary/aromatic N) is 1. The summed E-state index contributed by atoms with van der Waals surface area (Å²) in [6.07, 6.45) is 2.85. The van der Waals surface area contributed by atoms with E-state index in [1.54, 1.807) is 6.92 Å². The lowest BCUT2D eigenvalue weighted by Gasteiger charge is -2.06. The Morgan fingerprint density at radius 3 is 2.80 bits per heavy atom. The average molecular weight is 293 g/mol. The van der Waals surface area contributed by atoms with E-state index in [4.69, 9.17) is 4.74 Å². The second kappa shape index (κ2) is 5.87. The van der Waals surface area contributed by atoms with Crippen LogP contribution in [-0.4, -0.2) is 28.5 Å². The lowest BCUT2D eigenvalue weighted by molar-refractivity contribution is 0.0527. The summed E-state index contributed by atoms with van der Waals surface area (Å²) >= 11 is 1.35. The van der Waals surface area contributed by atoms with Gasteiger partial charge in [0.25, 0.3) is 5.91 Å². The Kier molecular flexibility index (Phi) is 4.19.